The molecule has 0 saturated carbocycles. The van der Waals surface area contributed by atoms with Crippen molar-refractivity contribution in [1.82, 2.24) is 15.0 Å². The minimum atomic E-state index is -0.934. The Hall–Kier alpha value is -2.78. The average molecular weight is 350 g/mol. The lowest BCUT2D eigenvalue weighted by molar-refractivity contribution is -0.384. The number of alkyl halides is 1. The van der Waals surface area contributed by atoms with Crippen LogP contribution in [-0.4, -0.2) is 31.2 Å². The Morgan fingerprint density at radius 1 is 1.33 bits per heavy atom. The smallest absolute Gasteiger partial charge is 0.269 e. The summed E-state index contributed by atoms with van der Waals surface area (Å²) in [5.41, 5.74) is 2.51. The van der Waals surface area contributed by atoms with Crippen molar-refractivity contribution >= 4 is 29.0 Å². The SMILES string of the molecule is Cc1cc(=O)[nH]c(NN2[C@@H](c3ccc([N+](=O)[O-])cc3)C(=O)[C@@H]2Cl)n1. The fourth-order valence-electron chi connectivity index (χ4n) is 2.43. The number of anilines is 1. The summed E-state index contributed by atoms with van der Waals surface area (Å²) in [7, 11) is 0. The fraction of sp³-hybridized carbons (Fsp3) is 0.214. The third-order valence-electron chi connectivity index (χ3n) is 3.55. The van der Waals surface area contributed by atoms with Gasteiger partial charge in [-0.2, -0.15) is 5.01 Å². The Kier molecular flexibility index (Phi) is 4.04. The van der Waals surface area contributed by atoms with Crippen molar-refractivity contribution in [2.24, 2.45) is 0 Å². The number of hydrogen-bond donors (Lipinski definition) is 2. The number of benzene rings is 1. The maximum absolute atomic E-state index is 12.1. The molecule has 1 aliphatic heterocycles. The van der Waals surface area contributed by atoms with E-state index in [9.17, 15) is 19.7 Å². The van der Waals surface area contributed by atoms with Gasteiger partial charge in [0.15, 0.2) is 11.3 Å². The first kappa shape index (κ1) is 16.1. The number of carbonyl (C=O) groups is 1. The number of carbonyl (C=O) groups excluding carboxylic acids is 1. The van der Waals surface area contributed by atoms with Crippen LogP contribution in [0.4, 0.5) is 11.6 Å². The van der Waals surface area contributed by atoms with Crippen molar-refractivity contribution in [2.75, 3.05) is 5.43 Å². The molecule has 10 heteroatoms. The van der Waals surface area contributed by atoms with Crippen LogP contribution in [0, 0.1) is 17.0 Å². The number of H-pyrrole nitrogens is 1. The van der Waals surface area contributed by atoms with Gasteiger partial charge in [-0.3, -0.25) is 30.1 Å². The van der Waals surface area contributed by atoms with Crippen molar-refractivity contribution in [1.29, 1.82) is 0 Å². The van der Waals surface area contributed by atoms with E-state index in [1.807, 2.05) is 0 Å². The van der Waals surface area contributed by atoms with Crippen LogP contribution in [0.2, 0.25) is 0 Å². The molecule has 2 aromatic rings. The summed E-state index contributed by atoms with van der Waals surface area (Å²) in [5, 5.41) is 12.1. The van der Waals surface area contributed by atoms with Gasteiger partial charge >= 0.3 is 0 Å². The standard InChI is InChI=1S/C14H12ClN5O4/c1-7-6-10(21)17-14(16-7)18-19-11(12(22)13(19)15)8-2-4-9(5-3-8)20(23)24/h2-6,11,13H,1H3,(H2,16,17,18,21)/t11-,13+/m0/s1. The summed E-state index contributed by atoms with van der Waals surface area (Å²) in [4.78, 5) is 40.4. The van der Waals surface area contributed by atoms with Crippen molar-refractivity contribution in [2.45, 2.75) is 18.5 Å². The number of halogens is 1. The molecule has 1 aromatic heterocycles. The number of nitro groups is 1. The van der Waals surface area contributed by atoms with E-state index in [1.54, 1.807) is 6.92 Å². The Labute approximate surface area is 140 Å². The van der Waals surface area contributed by atoms with Crippen LogP contribution in [0.15, 0.2) is 35.1 Å². The molecule has 2 heterocycles. The maximum atomic E-state index is 12.1. The Morgan fingerprint density at radius 3 is 2.58 bits per heavy atom. The number of hydrazine groups is 1. The maximum Gasteiger partial charge on any atom is 0.269 e. The zero-order chi connectivity index (χ0) is 17.4. The number of Topliss-reactive ketones (excluding diaryl/α,β-unsaturated/α-hetero) is 1. The monoisotopic (exact) mass is 349 g/mol. The van der Waals surface area contributed by atoms with E-state index in [2.05, 4.69) is 15.4 Å². The minimum absolute atomic E-state index is 0.0721. The quantitative estimate of drug-likeness (QED) is 0.371. The van der Waals surface area contributed by atoms with Crippen molar-refractivity contribution in [3.8, 4) is 0 Å². The molecule has 0 radical (unpaired) electrons. The molecule has 24 heavy (non-hydrogen) atoms. The average Bonchev–Trinajstić information content (AvgIpc) is 2.53. The van der Waals surface area contributed by atoms with E-state index in [-0.39, 0.29) is 23.0 Å². The molecule has 0 amide bonds. The summed E-state index contributed by atoms with van der Waals surface area (Å²) < 4.78 is 0. The van der Waals surface area contributed by atoms with E-state index < -0.39 is 16.5 Å². The third-order valence-corrected chi connectivity index (χ3v) is 3.98. The van der Waals surface area contributed by atoms with Gasteiger partial charge in [-0.15, -0.1) is 0 Å². The fourth-order valence-corrected chi connectivity index (χ4v) is 2.71. The first-order chi connectivity index (χ1) is 11.4. The predicted molar refractivity (Wildman–Crippen MR) is 85.5 cm³/mol. The van der Waals surface area contributed by atoms with Crippen LogP contribution in [0.1, 0.15) is 17.3 Å². The highest BCUT2D eigenvalue weighted by Gasteiger charge is 2.48. The van der Waals surface area contributed by atoms with E-state index in [1.165, 1.54) is 35.3 Å². The van der Waals surface area contributed by atoms with Gasteiger partial charge in [0.1, 0.15) is 6.04 Å². The van der Waals surface area contributed by atoms with Crippen LogP contribution in [0.3, 0.4) is 0 Å². The topological polar surface area (TPSA) is 121 Å². The zero-order valence-corrected chi connectivity index (χ0v) is 13.1. The number of hydrogen-bond acceptors (Lipinski definition) is 7. The van der Waals surface area contributed by atoms with Gasteiger partial charge in [0.2, 0.25) is 5.95 Å². The van der Waals surface area contributed by atoms with Gasteiger partial charge in [0.25, 0.3) is 11.2 Å². The first-order valence-electron chi connectivity index (χ1n) is 6.92. The number of ketones is 1. The van der Waals surface area contributed by atoms with E-state index in [0.717, 1.165) is 0 Å². The summed E-state index contributed by atoms with van der Waals surface area (Å²) in [5.74, 6) is -0.0990. The largest absolute Gasteiger partial charge is 0.294 e. The van der Waals surface area contributed by atoms with Gasteiger partial charge in [-0.1, -0.05) is 23.7 Å². The Morgan fingerprint density at radius 2 is 2.00 bits per heavy atom. The number of aryl methyl sites for hydroxylation is 1. The van der Waals surface area contributed by atoms with Crippen LogP contribution in [0.25, 0.3) is 0 Å². The Balaban J connectivity index is 1.85. The summed E-state index contributed by atoms with van der Waals surface area (Å²) in [6, 6.07) is 6.22. The molecule has 0 aliphatic carbocycles. The predicted octanol–water partition coefficient (Wildman–Crippen LogP) is 1.50. The second-order valence-corrected chi connectivity index (χ2v) is 5.66. The number of nitro benzene ring substituents is 1. The summed E-state index contributed by atoms with van der Waals surface area (Å²) in [6.07, 6.45) is 0. The molecule has 1 saturated heterocycles. The molecule has 2 N–H and O–H groups in total. The van der Waals surface area contributed by atoms with Crippen molar-refractivity contribution < 1.29 is 9.72 Å². The molecule has 1 aromatic carbocycles. The number of aromatic amines is 1. The lowest BCUT2D eigenvalue weighted by Crippen LogP contribution is -2.59. The number of nitrogens with zero attached hydrogens (tertiary/aromatic N) is 3. The molecule has 124 valence electrons. The highest BCUT2D eigenvalue weighted by Crippen LogP contribution is 2.37. The van der Waals surface area contributed by atoms with Gasteiger partial charge < -0.3 is 0 Å². The number of aromatic nitrogens is 2. The van der Waals surface area contributed by atoms with Crippen LogP contribution < -0.4 is 11.0 Å². The summed E-state index contributed by atoms with van der Waals surface area (Å²) in [6.45, 7) is 1.66. The first-order valence-corrected chi connectivity index (χ1v) is 7.35. The molecule has 0 bridgehead atoms. The molecule has 3 rings (SSSR count). The van der Waals surface area contributed by atoms with E-state index >= 15 is 0 Å². The number of non-ortho nitro benzene ring substituents is 1. The van der Waals surface area contributed by atoms with Gasteiger partial charge in [0, 0.05) is 23.9 Å². The second kappa shape index (κ2) is 6.02. The van der Waals surface area contributed by atoms with Crippen LogP contribution >= 0.6 is 11.6 Å². The molecule has 1 aliphatic rings. The van der Waals surface area contributed by atoms with Gasteiger partial charge in [-0.25, -0.2) is 4.98 Å². The minimum Gasteiger partial charge on any atom is -0.294 e. The highest BCUT2D eigenvalue weighted by atomic mass is 35.5. The zero-order valence-electron chi connectivity index (χ0n) is 12.4. The number of rotatable bonds is 4. The third kappa shape index (κ3) is 2.86. The highest BCUT2D eigenvalue weighted by molar-refractivity contribution is 6.34. The molecule has 1 fully saturated rings. The van der Waals surface area contributed by atoms with Crippen molar-refractivity contribution in [3.63, 3.8) is 0 Å². The van der Waals surface area contributed by atoms with E-state index in [4.69, 9.17) is 11.6 Å². The molecule has 2 atom stereocenters. The Bertz CT molecular complexity index is 866. The molecular formula is C14H12ClN5O4. The molecule has 0 unspecified atom stereocenters. The number of nitrogens with one attached hydrogen (secondary N) is 2. The molecule has 0 spiro atoms. The summed E-state index contributed by atoms with van der Waals surface area (Å²) >= 11 is 6.01. The van der Waals surface area contributed by atoms with Gasteiger partial charge in [0.05, 0.1) is 4.92 Å². The van der Waals surface area contributed by atoms with Crippen LogP contribution in [0.5, 0.6) is 0 Å². The van der Waals surface area contributed by atoms with Crippen molar-refractivity contribution in [3.05, 3.63) is 62.1 Å². The second-order valence-electron chi connectivity index (χ2n) is 5.24. The van der Waals surface area contributed by atoms with Gasteiger partial charge in [-0.05, 0) is 12.5 Å². The molecule has 9 nitrogen and oxygen atoms in total. The van der Waals surface area contributed by atoms with Crippen LogP contribution in [-0.2, 0) is 4.79 Å². The lowest BCUT2D eigenvalue weighted by atomic mass is 9.95. The lowest BCUT2D eigenvalue weighted by Gasteiger charge is -2.43. The normalized spacial score (nSPS) is 20.5. The van der Waals surface area contributed by atoms with E-state index in [0.29, 0.717) is 11.3 Å². The molecular weight excluding hydrogens is 338 g/mol.